The van der Waals surface area contributed by atoms with E-state index in [9.17, 15) is 29.8 Å². The number of nitrogens with one attached hydrogen (secondary N) is 2. The molecule has 1 aromatic heterocycles. The average molecular weight is 695 g/mol. The highest BCUT2D eigenvalue weighted by atomic mass is 32.1. The lowest BCUT2D eigenvalue weighted by atomic mass is 10.2. The zero-order chi connectivity index (χ0) is 35.4. The molecule has 3 aromatic rings. The summed E-state index contributed by atoms with van der Waals surface area (Å²) in [7, 11) is 0. The van der Waals surface area contributed by atoms with Gasteiger partial charge in [-0.05, 0) is 48.2 Å². The molecular formula is C34H42N6O8S. The third-order valence-corrected chi connectivity index (χ3v) is 8.34. The van der Waals surface area contributed by atoms with Gasteiger partial charge < -0.3 is 9.47 Å². The molecule has 0 spiro atoms. The number of unbranched alkanes of at least 4 members (excludes halogenated alkanes) is 8. The van der Waals surface area contributed by atoms with Crippen LogP contribution in [0.3, 0.4) is 0 Å². The topological polar surface area (TPSA) is 188 Å². The van der Waals surface area contributed by atoms with E-state index in [0.29, 0.717) is 24.3 Å². The molecule has 0 aliphatic heterocycles. The molecule has 0 bridgehead atoms. The van der Waals surface area contributed by atoms with Gasteiger partial charge in [-0.15, -0.1) is 11.3 Å². The van der Waals surface area contributed by atoms with Crippen molar-refractivity contribution in [2.24, 2.45) is 10.2 Å². The van der Waals surface area contributed by atoms with E-state index in [-0.39, 0.29) is 32.6 Å². The first-order chi connectivity index (χ1) is 23.7. The van der Waals surface area contributed by atoms with E-state index < -0.39 is 21.7 Å². The average Bonchev–Trinajstić information content (AvgIpc) is 3.46. The molecule has 49 heavy (non-hydrogen) atoms. The van der Waals surface area contributed by atoms with Crippen molar-refractivity contribution < 1.29 is 28.9 Å². The van der Waals surface area contributed by atoms with Crippen molar-refractivity contribution in [3.05, 3.63) is 89.6 Å². The number of ether oxygens (including phenoxy) is 2. The Balaban J connectivity index is 1.86. The van der Waals surface area contributed by atoms with Gasteiger partial charge in [0.15, 0.2) is 11.5 Å². The van der Waals surface area contributed by atoms with Gasteiger partial charge >= 0.3 is 0 Å². The van der Waals surface area contributed by atoms with Crippen LogP contribution in [0.15, 0.2) is 58.7 Å². The summed E-state index contributed by atoms with van der Waals surface area (Å²) >= 11 is 0.877. The number of amides is 2. The highest BCUT2D eigenvalue weighted by molar-refractivity contribution is 7.16. The van der Waals surface area contributed by atoms with Crippen LogP contribution in [0.1, 0.15) is 109 Å². The molecule has 0 aliphatic rings. The number of nitro benzene ring substituents is 2. The third-order valence-electron chi connectivity index (χ3n) is 7.19. The minimum Gasteiger partial charge on any atom is -0.488 e. The van der Waals surface area contributed by atoms with Crippen LogP contribution in [0.5, 0.6) is 11.5 Å². The molecule has 1 heterocycles. The predicted octanol–water partition coefficient (Wildman–Crippen LogP) is 7.79. The standard InChI is InChI=1S/C34H42N6O8S/c1-3-5-7-9-11-21-47-29-30(48-22-12-10-8-6-4-2)32(34(42)38-36-24-26-15-19-28(20-16-26)40(45)46)49-31(29)33(41)37-35-23-25-13-17-27(18-14-25)39(43)44/h13-20,23-24H,3-12,21-22H2,1-2H3,(H,37,41)(H,38,42)/b35-23+,36-24+. The Morgan fingerprint density at radius 2 is 1.02 bits per heavy atom. The molecule has 0 unspecified atom stereocenters. The number of benzene rings is 2. The van der Waals surface area contributed by atoms with Crippen molar-refractivity contribution in [3.63, 3.8) is 0 Å². The summed E-state index contributed by atoms with van der Waals surface area (Å²) in [6, 6.07) is 11.3. The summed E-state index contributed by atoms with van der Waals surface area (Å²) in [5.74, 6) is -0.987. The monoisotopic (exact) mass is 694 g/mol. The number of carbonyl (C=O) groups is 2. The molecule has 0 fully saturated rings. The molecule has 0 saturated heterocycles. The largest absolute Gasteiger partial charge is 0.488 e. The smallest absolute Gasteiger partial charge is 0.285 e. The lowest BCUT2D eigenvalue weighted by Gasteiger charge is -2.12. The molecule has 0 radical (unpaired) electrons. The van der Waals surface area contributed by atoms with Crippen molar-refractivity contribution in [1.29, 1.82) is 0 Å². The van der Waals surface area contributed by atoms with Crippen LogP contribution in [0.25, 0.3) is 0 Å². The summed E-state index contributed by atoms with van der Waals surface area (Å²) in [6.45, 7) is 4.87. The van der Waals surface area contributed by atoms with Gasteiger partial charge in [0, 0.05) is 24.3 Å². The summed E-state index contributed by atoms with van der Waals surface area (Å²) in [5, 5.41) is 29.9. The fourth-order valence-electron chi connectivity index (χ4n) is 4.52. The quantitative estimate of drug-likeness (QED) is 0.0461. The van der Waals surface area contributed by atoms with Gasteiger partial charge in [-0.2, -0.15) is 10.2 Å². The number of hydrazone groups is 2. The molecule has 15 heteroatoms. The summed E-state index contributed by atoms with van der Waals surface area (Å²) in [6.07, 6.45) is 12.6. The normalized spacial score (nSPS) is 11.1. The van der Waals surface area contributed by atoms with E-state index in [1.54, 1.807) is 0 Å². The van der Waals surface area contributed by atoms with Gasteiger partial charge in [0.1, 0.15) is 9.75 Å². The maximum Gasteiger partial charge on any atom is 0.285 e. The molecule has 0 atom stereocenters. The minimum atomic E-state index is -0.634. The second-order valence-corrected chi connectivity index (χ2v) is 12.1. The fourth-order valence-corrected chi connectivity index (χ4v) is 5.49. The van der Waals surface area contributed by atoms with E-state index in [0.717, 1.165) is 75.5 Å². The Morgan fingerprint density at radius 1 is 0.653 bits per heavy atom. The number of non-ortho nitro benzene ring substituents is 2. The second kappa shape index (κ2) is 20.9. The molecule has 0 aliphatic carbocycles. The number of nitrogens with zero attached hydrogens (tertiary/aromatic N) is 4. The molecule has 3 rings (SSSR count). The van der Waals surface area contributed by atoms with Crippen LogP contribution in [-0.2, 0) is 0 Å². The summed E-state index contributed by atoms with van der Waals surface area (Å²) in [4.78, 5) is 47.9. The molecule has 2 aromatic carbocycles. The summed E-state index contributed by atoms with van der Waals surface area (Å²) in [5.41, 5.74) is 5.81. The molecule has 0 saturated carbocycles. The molecular weight excluding hydrogens is 652 g/mol. The van der Waals surface area contributed by atoms with E-state index >= 15 is 0 Å². The zero-order valence-electron chi connectivity index (χ0n) is 27.7. The zero-order valence-corrected chi connectivity index (χ0v) is 28.5. The van der Waals surface area contributed by atoms with Crippen molar-refractivity contribution >= 4 is 47.0 Å². The lowest BCUT2D eigenvalue weighted by molar-refractivity contribution is -0.385. The van der Waals surface area contributed by atoms with Crippen LogP contribution in [0.2, 0.25) is 0 Å². The predicted molar refractivity (Wildman–Crippen MR) is 189 cm³/mol. The van der Waals surface area contributed by atoms with Crippen LogP contribution >= 0.6 is 11.3 Å². The van der Waals surface area contributed by atoms with Crippen molar-refractivity contribution in [1.82, 2.24) is 10.9 Å². The third kappa shape index (κ3) is 12.7. The maximum absolute atomic E-state index is 13.4. The lowest BCUT2D eigenvalue weighted by Crippen LogP contribution is -2.17. The highest BCUT2D eigenvalue weighted by Crippen LogP contribution is 2.43. The van der Waals surface area contributed by atoms with Crippen LogP contribution in [-0.4, -0.2) is 47.3 Å². The van der Waals surface area contributed by atoms with Gasteiger partial charge in [-0.1, -0.05) is 65.2 Å². The van der Waals surface area contributed by atoms with Gasteiger partial charge in [0.05, 0.1) is 35.5 Å². The molecule has 2 amide bonds. The van der Waals surface area contributed by atoms with Gasteiger partial charge in [-0.25, -0.2) is 10.9 Å². The highest BCUT2D eigenvalue weighted by Gasteiger charge is 2.29. The van der Waals surface area contributed by atoms with E-state index in [4.69, 9.17) is 9.47 Å². The van der Waals surface area contributed by atoms with E-state index in [1.807, 2.05) is 0 Å². The number of thiophene rings is 1. The molecule has 2 N–H and O–H groups in total. The van der Waals surface area contributed by atoms with Gasteiger partial charge in [0.25, 0.3) is 23.2 Å². The minimum absolute atomic E-state index is 0.0722. The van der Waals surface area contributed by atoms with Crippen LogP contribution in [0, 0.1) is 20.2 Å². The first kappa shape index (κ1) is 38.3. The summed E-state index contributed by atoms with van der Waals surface area (Å²) < 4.78 is 12.3. The Hall–Kier alpha value is -5.18. The number of rotatable bonds is 22. The Labute approximate surface area is 288 Å². The number of nitro groups is 2. The molecule has 14 nitrogen and oxygen atoms in total. The first-order valence-electron chi connectivity index (χ1n) is 16.3. The SMILES string of the molecule is CCCCCCCOc1c(C(=O)N/N=C/c2ccc([N+](=O)[O-])cc2)sc(C(=O)N/N=C/c2ccc([N+](=O)[O-])cc2)c1OCCCCCCC. The van der Waals surface area contributed by atoms with Crippen LogP contribution < -0.4 is 20.3 Å². The number of hydrogen-bond acceptors (Lipinski definition) is 11. The Kier molecular flexibility index (Phi) is 16.3. The number of hydrogen-bond donors (Lipinski definition) is 2. The van der Waals surface area contributed by atoms with Crippen LogP contribution in [0.4, 0.5) is 11.4 Å². The number of carbonyl (C=O) groups excluding carboxylic acids is 2. The van der Waals surface area contributed by atoms with E-state index in [1.165, 1.54) is 61.0 Å². The fraction of sp³-hybridized carbons (Fsp3) is 0.412. The van der Waals surface area contributed by atoms with Crippen molar-refractivity contribution in [2.75, 3.05) is 13.2 Å². The second-order valence-electron chi connectivity index (χ2n) is 11.0. The van der Waals surface area contributed by atoms with Gasteiger partial charge in [0.2, 0.25) is 0 Å². The Morgan fingerprint density at radius 3 is 1.37 bits per heavy atom. The van der Waals surface area contributed by atoms with Crippen molar-refractivity contribution in [2.45, 2.75) is 78.1 Å². The molecule has 262 valence electrons. The maximum atomic E-state index is 13.4. The first-order valence-corrected chi connectivity index (χ1v) is 17.1. The van der Waals surface area contributed by atoms with E-state index in [2.05, 4.69) is 34.9 Å². The Bertz CT molecular complexity index is 1470. The van der Waals surface area contributed by atoms with Gasteiger partial charge in [-0.3, -0.25) is 29.8 Å². The van der Waals surface area contributed by atoms with Crippen molar-refractivity contribution in [3.8, 4) is 11.5 Å².